The van der Waals surface area contributed by atoms with E-state index in [1.165, 1.54) is 116 Å². The minimum atomic E-state index is -1.52. The minimum absolute atomic E-state index is 0.182. The zero-order valence-electron chi connectivity index (χ0n) is 43.3. The van der Waals surface area contributed by atoms with E-state index in [2.05, 4.69) is 74.6 Å². The zero-order chi connectivity index (χ0) is 48.4. The standard InChI is InChI=1S/C57H101NO8/c1-6-8-10-12-14-16-18-20-22-24-25-26-27-28-29-30-31-32-34-36-38-40-42-44-46-48-55(60)66-53(52-65-57(56(61)62)63-50-49-58(3,4)5)51-64-54(59)47-45-43-41-39-37-35-33-23-21-19-17-15-13-11-9-7-2/h17-20,23-25,27-28,33,53,57H,6-16,21-22,26,29-32,34-52H2,1-5H3/p+1/b19-17-,20-18-,25-24-,28-27-,33-23-. The van der Waals surface area contributed by atoms with Gasteiger partial charge in [0.25, 0.3) is 6.29 Å². The summed E-state index contributed by atoms with van der Waals surface area (Å²) in [6.45, 7) is 4.83. The highest BCUT2D eigenvalue weighted by Crippen LogP contribution is 2.15. The normalized spacial score (nSPS) is 13.3. The molecule has 382 valence electrons. The van der Waals surface area contributed by atoms with Crippen LogP contribution in [0.3, 0.4) is 0 Å². The van der Waals surface area contributed by atoms with Crippen LogP contribution >= 0.6 is 0 Å². The van der Waals surface area contributed by atoms with Crippen LogP contribution in [0.25, 0.3) is 0 Å². The zero-order valence-corrected chi connectivity index (χ0v) is 43.3. The molecule has 66 heavy (non-hydrogen) atoms. The molecule has 0 spiro atoms. The predicted molar refractivity (Wildman–Crippen MR) is 276 cm³/mol. The van der Waals surface area contributed by atoms with E-state index >= 15 is 0 Å². The molecule has 0 fully saturated rings. The molecule has 2 unspecified atom stereocenters. The highest BCUT2D eigenvalue weighted by molar-refractivity contribution is 5.71. The molecule has 1 N–H and O–H groups in total. The Morgan fingerprint density at radius 3 is 1.23 bits per heavy atom. The molecular formula is C57H102NO8+. The van der Waals surface area contributed by atoms with Crippen LogP contribution in [-0.2, 0) is 33.3 Å². The number of likely N-dealkylation sites (N-methyl/N-ethyl adjacent to an activating group) is 1. The van der Waals surface area contributed by atoms with Crippen LogP contribution in [0.4, 0.5) is 0 Å². The van der Waals surface area contributed by atoms with Gasteiger partial charge in [-0.05, 0) is 83.5 Å². The Morgan fingerprint density at radius 2 is 0.818 bits per heavy atom. The van der Waals surface area contributed by atoms with E-state index in [4.69, 9.17) is 18.9 Å². The molecule has 9 heteroatoms. The van der Waals surface area contributed by atoms with Crippen molar-refractivity contribution < 1.29 is 42.9 Å². The number of hydrogen-bond acceptors (Lipinski definition) is 7. The first kappa shape index (κ1) is 63.0. The number of aliphatic carboxylic acids is 1. The van der Waals surface area contributed by atoms with E-state index in [-0.39, 0.29) is 38.6 Å². The third-order valence-corrected chi connectivity index (χ3v) is 11.5. The average Bonchev–Trinajstić information content (AvgIpc) is 3.28. The lowest BCUT2D eigenvalue weighted by Crippen LogP contribution is -2.40. The fraction of sp³-hybridized carbons (Fsp3) is 0.772. The first-order valence-electron chi connectivity index (χ1n) is 27.0. The smallest absolute Gasteiger partial charge is 0.361 e. The summed E-state index contributed by atoms with van der Waals surface area (Å²) in [6, 6.07) is 0. The minimum Gasteiger partial charge on any atom is -0.477 e. The van der Waals surface area contributed by atoms with Crippen molar-refractivity contribution in [1.29, 1.82) is 0 Å². The number of quaternary nitrogens is 1. The van der Waals surface area contributed by atoms with E-state index in [1.807, 2.05) is 21.1 Å². The van der Waals surface area contributed by atoms with Crippen LogP contribution in [0.5, 0.6) is 0 Å². The molecule has 2 atom stereocenters. The molecule has 0 saturated heterocycles. The number of allylic oxidation sites excluding steroid dienone is 10. The Kier molecular flexibility index (Phi) is 46.2. The van der Waals surface area contributed by atoms with Crippen molar-refractivity contribution in [3.63, 3.8) is 0 Å². The van der Waals surface area contributed by atoms with E-state index in [9.17, 15) is 19.5 Å². The first-order valence-corrected chi connectivity index (χ1v) is 27.0. The number of nitrogens with zero attached hydrogens (tertiary/aromatic N) is 1. The Bertz CT molecular complexity index is 1270. The molecular weight excluding hydrogens is 827 g/mol. The van der Waals surface area contributed by atoms with Crippen molar-refractivity contribution in [3.05, 3.63) is 60.8 Å². The lowest BCUT2D eigenvalue weighted by atomic mass is 10.0. The maximum atomic E-state index is 12.8. The van der Waals surface area contributed by atoms with Gasteiger partial charge in [-0.2, -0.15) is 0 Å². The summed E-state index contributed by atoms with van der Waals surface area (Å²) >= 11 is 0. The largest absolute Gasteiger partial charge is 0.477 e. The Morgan fingerprint density at radius 1 is 0.455 bits per heavy atom. The van der Waals surface area contributed by atoms with Gasteiger partial charge in [0.05, 0.1) is 34.4 Å². The van der Waals surface area contributed by atoms with Gasteiger partial charge in [0, 0.05) is 12.8 Å². The topological polar surface area (TPSA) is 108 Å². The monoisotopic (exact) mass is 929 g/mol. The third kappa shape index (κ3) is 48.9. The summed E-state index contributed by atoms with van der Waals surface area (Å²) in [7, 11) is 5.96. The molecule has 0 aliphatic rings. The van der Waals surface area contributed by atoms with E-state index < -0.39 is 24.3 Å². The highest BCUT2D eigenvalue weighted by atomic mass is 16.7. The fourth-order valence-corrected chi connectivity index (χ4v) is 7.28. The summed E-state index contributed by atoms with van der Waals surface area (Å²) < 4.78 is 22.8. The summed E-state index contributed by atoms with van der Waals surface area (Å²) in [5.41, 5.74) is 0. The van der Waals surface area contributed by atoms with Gasteiger partial charge in [-0.3, -0.25) is 9.59 Å². The first-order chi connectivity index (χ1) is 32.1. The van der Waals surface area contributed by atoms with Crippen LogP contribution < -0.4 is 0 Å². The van der Waals surface area contributed by atoms with Crippen molar-refractivity contribution in [2.24, 2.45) is 0 Å². The van der Waals surface area contributed by atoms with Gasteiger partial charge in [-0.15, -0.1) is 0 Å². The summed E-state index contributed by atoms with van der Waals surface area (Å²) in [6.07, 6.45) is 57.1. The van der Waals surface area contributed by atoms with Crippen molar-refractivity contribution in [2.75, 3.05) is 47.5 Å². The molecule has 0 heterocycles. The molecule has 0 bridgehead atoms. The second kappa shape index (κ2) is 48.4. The Balaban J connectivity index is 4.32. The number of hydrogen-bond donors (Lipinski definition) is 1. The van der Waals surface area contributed by atoms with Crippen LogP contribution in [0.1, 0.15) is 226 Å². The van der Waals surface area contributed by atoms with E-state index in [1.54, 1.807) is 0 Å². The molecule has 0 aromatic rings. The average molecular weight is 929 g/mol. The number of rotatable bonds is 49. The molecule has 9 nitrogen and oxygen atoms in total. The molecule has 0 radical (unpaired) electrons. The Labute approximate surface area is 405 Å². The predicted octanol–water partition coefficient (Wildman–Crippen LogP) is 15.3. The second-order valence-corrected chi connectivity index (χ2v) is 19.2. The summed E-state index contributed by atoms with van der Waals surface area (Å²) in [4.78, 5) is 37.3. The van der Waals surface area contributed by atoms with Crippen LogP contribution in [-0.4, -0.2) is 87.4 Å². The third-order valence-electron chi connectivity index (χ3n) is 11.5. The molecule has 0 amide bonds. The van der Waals surface area contributed by atoms with Gasteiger partial charge >= 0.3 is 17.9 Å². The van der Waals surface area contributed by atoms with Crippen molar-refractivity contribution in [1.82, 2.24) is 0 Å². The second-order valence-electron chi connectivity index (χ2n) is 19.2. The molecule has 0 saturated carbocycles. The number of carboxylic acids is 1. The molecule has 0 aliphatic heterocycles. The van der Waals surface area contributed by atoms with Crippen LogP contribution in [0, 0.1) is 0 Å². The lowest BCUT2D eigenvalue weighted by molar-refractivity contribution is -0.870. The van der Waals surface area contributed by atoms with Gasteiger partial charge < -0.3 is 28.5 Å². The van der Waals surface area contributed by atoms with Crippen LogP contribution in [0.15, 0.2) is 60.8 Å². The number of carboxylic acid groups (broad SMARTS) is 1. The number of carbonyl (C=O) groups excluding carboxylic acids is 2. The van der Waals surface area contributed by atoms with Gasteiger partial charge in [0.2, 0.25) is 0 Å². The molecule has 0 aromatic carbocycles. The maximum absolute atomic E-state index is 12.8. The van der Waals surface area contributed by atoms with Crippen molar-refractivity contribution in [2.45, 2.75) is 238 Å². The van der Waals surface area contributed by atoms with Gasteiger partial charge in [-0.1, -0.05) is 190 Å². The van der Waals surface area contributed by atoms with Gasteiger partial charge in [-0.25, -0.2) is 4.79 Å². The highest BCUT2D eigenvalue weighted by Gasteiger charge is 2.25. The lowest BCUT2D eigenvalue weighted by Gasteiger charge is -2.25. The number of ether oxygens (including phenoxy) is 4. The number of unbranched alkanes of at least 4 members (excludes halogenated alkanes) is 24. The van der Waals surface area contributed by atoms with Crippen molar-refractivity contribution in [3.8, 4) is 0 Å². The van der Waals surface area contributed by atoms with E-state index in [0.29, 0.717) is 17.4 Å². The number of carbonyl (C=O) groups is 3. The Hall–Kier alpha value is -3.01. The molecule has 0 aromatic heterocycles. The van der Waals surface area contributed by atoms with Crippen LogP contribution in [0.2, 0.25) is 0 Å². The SMILES string of the molecule is CCCCCC/C=C\C/C=C\CCCCCCCC(=O)OCC(COC(OCC[N+](C)(C)C)C(=O)O)OC(=O)CCCCCCCCCCCC/C=C\C/C=C\C/C=C\CCCCCCC. The quantitative estimate of drug-likeness (QED) is 0.0211. The summed E-state index contributed by atoms with van der Waals surface area (Å²) in [5.74, 6) is -2.03. The maximum Gasteiger partial charge on any atom is 0.361 e. The molecule has 0 rings (SSSR count). The van der Waals surface area contributed by atoms with Gasteiger partial charge in [0.15, 0.2) is 6.10 Å². The van der Waals surface area contributed by atoms with Crippen molar-refractivity contribution >= 4 is 17.9 Å². The summed E-state index contributed by atoms with van der Waals surface area (Å²) in [5, 5.41) is 9.68. The fourth-order valence-electron chi connectivity index (χ4n) is 7.28. The van der Waals surface area contributed by atoms with Gasteiger partial charge in [0.1, 0.15) is 13.2 Å². The van der Waals surface area contributed by atoms with E-state index in [0.717, 1.165) is 77.0 Å². The molecule has 0 aliphatic carbocycles. The number of esters is 2.